The fourth-order valence-corrected chi connectivity index (χ4v) is 4.72. The van der Waals surface area contributed by atoms with Gasteiger partial charge in [0.2, 0.25) is 5.91 Å². The lowest BCUT2D eigenvalue weighted by molar-refractivity contribution is -0.124. The van der Waals surface area contributed by atoms with Crippen molar-refractivity contribution in [2.24, 2.45) is 0 Å². The van der Waals surface area contributed by atoms with Crippen LogP contribution in [0, 0.1) is 0 Å². The van der Waals surface area contributed by atoms with Crippen LogP contribution in [0.2, 0.25) is 0 Å². The van der Waals surface area contributed by atoms with Crippen molar-refractivity contribution < 1.29 is 4.79 Å². The number of hydrogen-bond donors (Lipinski definition) is 1. The van der Waals surface area contributed by atoms with E-state index in [0.29, 0.717) is 6.42 Å². The van der Waals surface area contributed by atoms with Gasteiger partial charge in [-0.2, -0.15) is 0 Å². The fraction of sp³-hybridized carbons (Fsp3) is 0.400. The van der Waals surface area contributed by atoms with Gasteiger partial charge < -0.3 is 15.1 Å². The van der Waals surface area contributed by atoms with Crippen LogP contribution in [0.15, 0.2) is 48.5 Å². The summed E-state index contributed by atoms with van der Waals surface area (Å²) in [6, 6.07) is 15.3. The fourth-order valence-electron chi connectivity index (χ4n) is 4.72. The van der Waals surface area contributed by atoms with Gasteiger partial charge in [0.1, 0.15) is 5.66 Å². The first-order valence-corrected chi connectivity index (χ1v) is 10.5. The molecule has 1 atom stereocenters. The number of benzene rings is 2. The Balaban J connectivity index is 1.78. The van der Waals surface area contributed by atoms with E-state index < -0.39 is 5.66 Å². The largest absolute Gasteiger partial charge is 0.378 e. The van der Waals surface area contributed by atoms with Crippen molar-refractivity contribution in [3.05, 3.63) is 65.2 Å². The Bertz CT molecular complexity index is 959. The number of anilines is 2. The van der Waals surface area contributed by atoms with Crippen molar-refractivity contribution in [3.63, 3.8) is 0 Å². The van der Waals surface area contributed by atoms with Gasteiger partial charge >= 0.3 is 0 Å². The Labute approximate surface area is 174 Å². The third-order valence-corrected chi connectivity index (χ3v) is 6.63. The zero-order valence-electron chi connectivity index (χ0n) is 18.1. The SMILES string of the molecule is CCc1ccc2c(c1)C(C)(C)C1(/C=C/c3ccc(N(C)C)cc3)NC(=O)CCN21. The Morgan fingerprint density at radius 1 is 1.14 bits per heavy atom. The maximum absolute atomic E-state index is 12.5. The number of rotatable bonds is 4. The molecule has 1 unspecified atom stereocenters. The average molecular weight is 390 g/mol. The van der Waals surface area contributed by atoms with Crippen LogP contribution < -0.4 is 15.1 Å². The highest BCUT2D eigenvalue weighted by Crippen LogP contribution is 2.52. The number of nitrogens with one attached hydrogen (secondary N) is 1. The average Bonchev–Trinajstić information content (AvgIpc) is 2.90. The van der Waals surface area contributed by atoms with Crippen LogP contribution >= 0.6 is 0 Å². The highest BCUT2D eigenvalue weighted by atomic mass is 16.2. The van der Waals surface area contributed by atoms with Gasteiger partial charge in [-0.05, 0) is 47.4 Å². The lowest BCUT2D eigenvalue weighted by Gasteiger charge is -2.49. The molecule has 2 aromatic rings. The van der Waals surface area contributed by atoms with Crippen molar-refractivity contribution in [2.75, 3.05) is 30.4 Å². The number of fused-ring (bicyclic) bond motifs is 3. The summed E-state index contributed by atoms with van der Waals surface area (Å²) in [4.78, 5) is 17.0. The number of carbonyl (C=O) groups is 1. The standard InChI is InChI=1S/C25H31N3O/c1-6-18-9-12-22-21(17-18)24(2,3)25(26-23(29)14-16-28(22)25)15-13-19-7-10-20(11-8-19)27(4)5/h7-13,15,17H,6,14,16H2,1-5H3,(H,26,29)/b15-13+. The Hall–Kier alpha value is -2.75. The van der Waals surface area contributed by atoms with Gasteiger partial charge in [0.15, 0.2) is 0 Å². The van der Waals surface area contributed by atoms with E-state index in [2.05, 4.69) is 90.5 Å². The number of nitrogens with zero attached hydrogens (tertiary/aromatic N) is 2. The summed E-state index contributed by atoms with van der Waals surface area (Å²) in [5.41, 5.74) is 5.38. The van der Waals surface area contributed by atoms with Crippen molar-refractivity contribution >= 4 is 23.4 Å². The molecule has 2 aliphatic rings. The predicted molar refractivity (Wildman–Crippen MR) is 121 cm³/mol. The van der Waals surface area contributed by atoms with Crippen LogP contribution in [-0.2, 0) is 16.6 Å². The molecule has 1 fully saturated rings. The summed E-state index contributed by atoms with van der Waals surface area (Å²) >= 11 is 0. The third kappa shape index (κ3) is 3.02. The highest BCUT2D eigenvalue weighted by molar-refractivity contribution is 5.84. The number of carbonyl (C=O) groups excluding carboxylic acids is 1. The molecule has 4 rings (SSSR count). The minimum Gasteiger partial charge on any atom is -0.378 e. The van der Waals surface area contributed by atoms with Gasteiger partial charge in [-0.15, -0.1) is 0 Å². The molecule has 4 nitrogen and oxygen atoms in total. The Morgan fingerprint density at radius 3 is 2.52 bits per heavy atom. The molecular weight excluding hydrogens is 358 g/mol. The van der Waals surface area contributed by atoms with Gasteiger partial charge in [0, 0.05) is 43.9 Å². The number of hydrogen-bond acceptors (Lipinski definition) is 3. The molecule has 4 heteroatoms. The molecule has 29 heavy (non-hydrogen) atoms. The molecule has 0 aliphatic carbocycles. The molecule has 0 saturated carbocycles. The maximum atomic E-state index is 12.5. The van der Waals surface area contributed by atoms with E-state index in [0.717, 1.165) is 18.5 Å². The minimum atomic E-state index is -0.558. The molecule has 1 amide bonds. The minimum absolute atomic E-state index is 0.116. The van der Waals surface area contributed by atoms with Crippen LogP contribution in [0.25, 0.3) is 6.08 Å². The number of aryl methyl sites for hydroxylation is 1. The zero-order chi connectivity index (χ0) is 20.8. The van der Waals surface area contributed by atoms with Gasteiger partial charge in [-0.25, -0.2) is 0 Å². The summed E-state index contributed by atoms with van der Waals surface area (Å²) in [5.74, 6) is 0.116. The van der Waals surface area contributed by atoms with E-state index in [4.69, 9.17) is 0 Å². The molecule has 152 valence electrons. The van der Waals surface area contributed by atoms with Crippen LogP contribution in [0.3, 0.4) is 0 Å². The van der Waals surface area contributed by atoms with Crippen molar-refractivity contribution in [1.29, 1.82) is 0 Å². The number of amides is 1. The van der Waals surface area contributed by atoms with Crippen LogP contribution in [-0.4, -0.2) is 32.2 Å². The first kappa shape index (κ1) is 19.6. The van der Waals surface area contributed by atoms with E-state index in [9.17, 15) is 4.79 Å². The van der Waals surface area contributed by atoms with E-state index >= 15 is 0 Å². The van der Waals surface area contributed by atoms with Gasteiger partial charge in [0.05, 0.1) is 0 Å². The topological polar surface area (TPSA) is 35.6 Å². The summed E-state index contributed by atoms with van der Waals surface area (Å²) in [7, 11) is 4.09. The first-order chi connectivity index (χ1) is 13.8. The van der Waals surface area contributed by atoms with Gasteiger partial charge in [-0.3, -0.25) is 4.79 Å². The van der Waals surface area contributed by atoms with Crippen molar-refractivity contribution in [2.45, 2.75) is 44.7 Å². The third-order valence-electron chi connectivity index (χ3n) is 6.63. The Kier molecular flexibility index (Phi) is 4.68. The summed E-state index contributed by atoms with van der Waals surface area (Å²) in [6.45, 7) is 7.41. The first-order valence-electron chi connectivity index (χ1n) is 10.5. The lowest BCUT2D eigenvalue weighted by Crippen LogP contribution is -2.68. The summed E-state index contributed by atoms with van der Waals surface area (Å²) < 4.78 is 0. The van der Waals surface area contributed by atoms with Gasteiger partial charge in [0.25, 0.3) is 0 Å². The van der Waals surface area contributed by atoms with E-state index in [1.54, 1.807) is 0 Å². The van der Waals surface area contributed by atoms with Crippen molar-refractivity contribution in [3.8, 4) is 0 Å². The van der Waals surface area contributed by atoms with Gasteiger partial charge in [-0.1, -0.05) is 51.1 Å². The van der Waals surface area contributed by atoms with Crippen LogP contribution in [0.4, 0.5) is 11.4 Å². The van der Waals surface area contributed by atoms with E-state index in [1.165, 1.54) is 22.5 Å². The van der Waals surface area contributed by atoms with Crippen LogP contribution in [0.5, 0.6) is 0 Å². The molecular formula is C25H31N3O. The second-order valence-electron chi connectivity index (χ2n) is 8.87. The molecule has 1 N–H and O–H groups in total. The molecule has 0 spiro atoms. The summed E-state index contributed by atoms with van der Waals surface area (Å²) in [5, 5.41) is 3.36. The molecule has 0 aromatic heterocycles. The van der Waals surface area contributed by atoms with E-state index in [1.807, 2.05) is 14.1 Å². The van der Waals surface area contributed by atoms with E-state index in [-0.39, 0.29) is 11.3 Å². The van der Waals surface area contributed by atoms with Crippen molar-refractivity contribution in [1.82, 2.24) is 5.32 Å². The normalized spacial score (nSPS) is 22.4. The quantitative estimate of drug-likeness (QED) is 0.845. The molecule has 2 aromatic carbocycles. The predicted octanol–water partition coefficient (Wildman–Crippen LogP) is 4.34. The monoisotopic (exact) mass is 389 g/mol. The molecule has 2 aliphatic heterocycles. The maximum Gasteiger partial charge on any atom is 0.223 e. The Morgan fingerprint density at radius 2 is 1.86 bits per heavy atom. The van der Waals surface area contributed by atoms with Crippen LogP contribution in [0.1, 0.15) is 43.9 Å². The molecule has 2 heterocycles. The lowest BCUT2D eigenvalue weighted by atomic mass is 9.74. The smallest absolute Gasteiger partial charge is 0.223 e. The summed E-state index contributed by atoms with van der Waals surface area (Å²) in [6.07, 6.45) is 5.88. The molecule has 1 saturated heterocycles. The highest BCUT2D eigenvalue weighted by Gasteiger charge is 2.57. The zero-order valence-corrected chi connectivity index (χ0v) is 18.1. The molecule has 0 radical (unpaired) electrons. The second-order valence-corrected chi connectivity index (χ2v) is 8.87. The molecule has 0 bridgehead atoms. The second kappa shape index (κ2) is 6.94.